The molecule has 0 amide bonds. The molecule has 19 heavy (non-hydrogen) atoms. The van der Waals surface area contributed by atoms with Crippen molar-refractivity contribution in [2.75, 3.05) is 6.54 Å². The number of hydrogen-bond donors (Lipinski definition) is 1. The largest absolute Gasteiger partial charge is 0.465 e. The Balaban J connectivity index is 1.39. The summed E-state index contributed by atoms with van der Waals surface area (Å²) >= 11 is 0. The van der Waals surface area contributed by atoms with Crippen LogP contribution in [0.4, 0.5) is 0 Å². The van der Waals surface area contributed by atoms with Gasteiger partial charge in [-0.3, -0.25) is 4.90 Å². The second-order valence-corrected chi connectivity index (χ2v) is 6.71. The van der Waals surface area contributed by atoms with Crippen molar-refractivity contribution >= 4 is 0 Å². The van der Waals surface area contributed by atoms with Gasteiger partial charge >= 0.3 is 0 Å². The number of likely N-dealkylation sites (tertiary alicyclic amines) is 1. The molecule has 2 bridgehead atoms. The Bertz CT molecular complexity index is 463. The van der Waals surface area contributed by atoms with Crippen LogP contribution in [0, 0.1) is 12.8 Å². The molecule has 3 aliphatic rings. The maximum atomic E-state index is 5.96. The van der Waals surface area contributed by atoms with Gasteiger partial charge in [-0.15, -0.1) is 0 Å². The Morgan fingerprint density at radius 2 is 2.21 bits per heavy atom. The number of hydrogen-bond acceptors (Lipinski definition) is 3. The van der Waals surface area contributed by atoms with Crippen molar-refractivity contribution in [1.29, 1.82) is 0 Å². The highest BCUT2D eigenvalue weighted by Gasteiger charge is 2.37. The average molecular weight is 260 g/mol. The maximum absolute atomic E-state index is 5.96. The molecule has 2 saturated carbocycles. The van der Waals surface area contributed by atoms with E-state index in [1.807, 2.05) is 0 Å². The van der Waals surface area contributed by atoms with Gasteiger partial charge in [0.2, 0.25) is 0 Å². The van der Waals surface area contributed by atoms with Crippen LogP contribution < -0.4 is 5.32 Å². The minimum absolute atomic E-state index is 0.770. The fourth-order valence-electron chi connectivity index (χ4n) is 3.80. The van der Waals surface area contributed by atoms with Gasteiger partial charge in [0.15, 0.2) is 0 Å². The quantitative estimate of drug-likeness (QED) is 0.882. The van der Waals surface area contributed by atoms with Gasteiger partial charge in [-0.2, -0.15) is 0 Å². The zero-order chi connectivity index (χ0) is 12.8. The van der Waals surface area contributed by atoms with E-state index in [4.69, 9.17) is 4.42 Å². The van der Waals surface area contributed by atoms with E-state index in [2.05, 4.69) is 23.2 Å². The predicted molar refractivity (Wildman–Crippen MR) is 74.8 cm³/mol. The van der Waals surface area contributed by atoms with Gasteiger partial charge in [-0.25, -0.2) is 0 Å². The van der Waals surface area contributed by atoms with Gasteiger partial charge in [-0.05, 0) is 51.0 Å². The van der Waals surface area contributed by atoms with Gasteiger partial charge in [0, 0.05) is 30.7 Å². The van der Waals surface area contributed by atoms with Crippen molar-refractivity contribution in [2.45, 2.75) is 64.2 Å². The molecule has 4 rings (SSSR count). The third kappa shape index (κ3) is 2.46. The summed E-state index contributed by atoms with van der Waals surface area (Å²) < 4.78 is 5.96. The molecular formula is C16H24N2O. The van der Waals surface area contributed by atoms with Gasteiger partial charge in [0.25, 0.3) is 0 Å². The topological polar surface area (TPSA) is 28.4 Å². The van der Waals surface area contributed by atoms with E-state index in [1.54, 1.807) is 0 Å². The molecule has 2 atom stereocenters. The molecule has 2 aliphatic carbocycles. The van der Waals surface area contributed by atoms with Crippen molar-refractivity contribution in [1.82, 2.24) is 10.2 Å². The highest BCUT2D eigenvalue weighted by Crippen LogP contribution is 2.38. The molecule has 104 valence electrons. The van der Waals surface area contributed by atoms with Crippen molar-refractivity contribution < 1.29 is 4.42 Å². The molecule has 1 aliphatic heterocycles. The second-order valence-electron chi connectivity index (χ2n) is 6.71. The highest BCUT2D eigenvalue weighted by atomic mass is 16.3. The molecule has 2 heterocycles. The molecule has 2 unspecified atom stereocenters. The monoisotopic (exact) mass is 260 g/mol. The molecular weight excluding hydrogens is 236 g/mol. The summed E-state index contributed by atoms with van der Waals surface area (Å²) in [6.07, 6.45) is 6.98. The van der Waals surface area contributed by atoms with Crippen LogP contribution >= 0.6 is 0 Å². The lowest BCUT2D eigenvalue weighted by Gasteiger charge is -2.25. The number of nitrogens with zero attached hydrogens (tertiary/aromatic N) is 1. The maximum Gasteiger partial charge on any atom is 0.118 e. The molecule has 3 nitrogen and oxygen atoms in total. The van der Waals surface area contributed by atoms with E-state index < -0.39 is 0 Å². The van der Waals surface area contributed by atoms with Crippen LogP contribution in [0.5, 0.6) is 0 Å². The van der Waals surface area contributed by atoms with E-state index in [0.29, 0.717) is 0 Å². The molecule has 3 fully saturated rings. The number of nitrogens with one attached hydrogen (secondary N) is 1. The first kappa shape index (κ1) is 12.0. The Hall–Kier alpha value is -0.800. The molecule has 0 aromatic carbocycles. The molecule has 1 aromatic heterocycles. The Labute approximate surface area is 115 Å². The smallest absolute Gasteiger partial charge is 0.118 e. The van der Waals surface area contributed by atoms with Gasteiger partial charge in [0.1, 0.15) is 11.5 Å². The average Bonchev–Trinajstić information content (AvgIpc) is 2.83. The van der Waals surface area contributed by atoms with Crippen molar-refractivity contribution in [3.63, 3.8) is 0 Å². The summed E-state index contributed by atoms with van der Waals surface area (Å²) in [7, 11) is 0. The van der Waals surface area contributed by atoms with E-state index in [0.717, 1.165) is 42.6 Å². The Kier molecular flexibility index (Phi) is 2.92. The van der Waals surface area contributed by atoms with Crippen molar-refractivity contribution in [3.05, 3.63) is 23.2 Å². The van der Waals surface area contributed by atoms with Crippen LogP contribution in [-0.4, -0.2) is 23.5 Å². The van der Waals surface area contributed by atoms with Gasteiger partial charge in [-0.1, -0.05) is 0 Å². The Morgan fingerprint density at radius 1 is 1.32 bits per heavy atom. The normalized spacial score (nSPS) is 30.4. The third-order valence-corrected chi connectivity index (χ3v) is 5.11. The van der Waals surface area contributed by atoms with Crippen LogP contribution in [0.15, 0.2) is 10.5 Å². The highest BCUT2D eigenvalue weighted by molar-refractivity contribution is 5.21. The van der Waals surface area contributed by atoms with E-state index in [9.17, 15) is 0 Å². The lowest BCUT2D eigenvalue weighted by atomic mass is 10.1. The third-order valence-electron chi connectivity index (χ3n) is 5.11. The minimum atomic E-state index is 0.770. The van der Waals surface area contributed by atoms with Crippen LogP contribution in [0.25, 0.3) is 0 Å². The first-order valence-electron chi connectivity index (χ1n) is 7.83. The standard InChI is InChI=1S/C16H24N2O/c1-11-13(8-17-14-3-4-14)7-16(19-11)10-18-9-12-2-5-15(18)6-12/h7,12,14-15,17H,2-6,8-10H2,1H3. The van der Waals surface area contributed by atoms with E-state index in [-0.39, 0.29) is 0 Å². The summed E-state index contributed by atoms with van der Waals surface area (Å²) in [4.78, 5) is 2.63. The number of furan rings is 1. The summed E-state index contributed by atoms with van der Waals surface area (Å²) in [5, 5.41) is 3.57. The fraction of sp³-hybridized carbons (Fsp3) is 0.750. The molecule has 1 saturated heterocycles. The summed E-state index contributed by atoms with van der Waals surface area (Å²) in [5.41, 5.74) is 1.35. The summed E-state index contributed by atoms with van der Waals surface area (Å²) in [6, 6.07) is 3.88. The fourth-order valence-corrected chi connectivity index (χ4v) is 3.80. The van der Waals surface area contributed by atoms with Gasteiger partial charge in [0.05, 0.1) is 6.54 Å². The zero-order valence-corrected chi connectivity index (χ0v) is 11.8. The molecule has 1 N–H and O–H groups in total. The minimum Gasteiger partial charge on any atom is -0.465 e. The van der Waals surface area contributed by atoms with Crippen LogP contribution in [0.3, 0.4) is 0 Å². The first-order chi connectivity index (χ1) is 9.28. The van der Waals surface area contributed by atoms with E-state index >= 15 is 0 Å². The lowest BCUT2D eigenvalue weighted by Crippen LogP contribution is -2.31. The van der Waals surface area contributed by atoms with Crippen molar-refractivity contribution in [3.8, 4) is 0 Å². The first-order valence-corrected chi connectivity index (χ1v) is 7.83. The van der Waals surface area contributed by atoms with Crippen LogP contribution in [-0.2, 0) is 13.1 Å². The van der Waals surface area contributed by atoms with E-state index in [1.165, 1.54) is 44.2 Å². The lowest BCUT2D eigenvalue weighted by molar-refractivity contribution is 0.189. The molecule has 3 heteroatoms. The zero-order valence-electron chi connectivity index (χ0n) is 11.8. The Morgan fingerprint density at radius 3 is 2.89 bits per heavy atom. The van der Waals surface area contributed by atoms with Crippen LogP contribution in [0.1, 0.15) is 49.2 Å². The summed E-state index contributed by atoms with van der Waals surface area (Å²) in [5.74, 6) is 3.24. The van der Waals surface area contributed by atoms with Crippen molar-refractivity contribution in [2.24, 2.45) is 5.92 Å². The SMILES string of the molecule is Cc1oc(CN2CC3CCC2C3)cc1CNC1CC1. The van der Waals surface area contributed by atoms with Gasteiger partial charge < -0.3 is 9.73 Å². The molecule has 0 radical (unpaired) electrons. The number of rotatable bonds is 5. The number of piperidine rings is 1. The summed E-state index contributed by atoms with van der Waals surface area (Å²) in [6.45, 7) is 5.39. The van der Waals surface area contributed by atoms with Crippen LogP contribution in [0.2, 0.25) is 0 Å². The molecule has 0 spiro atoms. The predicted octanol–water partition coefficient (Wildman–Crippen LogP) is 2.82. The number of aryl methyl sites for hydroxylation is 1. The molecule has 1 aromatic rings. The number of fused-ring (bicyclic) bond motifs is 2. The second kappa shape index (κ2) is 4.64.